The Bertz CT molecular complexity index is 1400. The molecule has 2 aromatic carbocycles. The lowest BCUT2D eigenvalue weighted by molar-refractivity contribution is 0.415. The Kier molecular flexibility index (Phi) is 6.27. The molecule has 0 aliphatic carbocycles. The maximum absolute atomic E-state index is 12.8. The van der Waals surface area contributed by atoms with E-state index in [1.807, 2.05) is 24.3 Å². The Hall–Kier alpha value is -3.92. The average molecular weight is 465 g/mol. The number of methoxy groups -OCH3 is 1. The van der Waals surface area contributed by atoms with Crippen LogP contribution in [0.25, 0.3) is 5.65 Å². The highest BCUT2D eigenvalue weighted by molar-refractivity contribution is 7.92. The summed E-state index contributed by atoms with van der Waals surface area (Å²) in [6.07, 6.45) is 3.29. The quantitative estimate of drug-likeness (QED) is 0.298. The molecule has 0 aliphatic rings. The van der Waals surface area contributed by atoms with Crippen LogP contribution < -0.4 is 15.5 Å². The monoisotopic (exact) mass is 464 g/mol. The summed E-state index contributed by atoms with van der Waals surface area (Å²) in [5, 5.41) is 11.2. The van der Waals surface area contributed by atoms with E-state index in [-0.39, 0.29) is 4.90 Å². The number of aromatic nitrogens is 3. The largest absolute Gasteiger partial charge is 0.497 e. The first kappa shape index (κ1) is 22.3. The Labute approximate surface area is 192 Å². The van der Waals surface area contributed by atoms with Crippen LogP contribution in [-0.4, -0.2) is 41.6 Å². The van der Waals surface area contributed by atoms with Crippen molar-refractivity contribution in [3.05, 3.63) is 72.4 Å². The number of nitrogens with zero attached hydrogens (tertiary/aromatic N) is 4. The number of hydrogen-bond acceptors (Lipinski definition) is 8. The molecule has 9 nitrogen and oxygen atoms in total. The summed E-state index contributed by atoms with van der Waals surface area (Å²) in [4.78, 5) is 4.72. The third kappa shape index (κ3) is 4.80. The van der Waals surface area contributed by atoms with E-state index in [4.69, 9.17) is 4.74 Å². The number of fused-ring (bicyclic) bond motifs is 1. The highest BCUT2D eigenvalue weighted by Crippen LogP contribution is 2.28. The molecule has 0 aliphatic heterocycles. The number of rotatable bonds is 8. The molecule has 0 unspecified atom stereocenters. The molecule has 170 valence electrons. The van der Waals surface area contributed by atoms with Gasteiger partial charge in [-0.3, -0.25) is 5.43 Å². The predicted molar refractivity (Wildman–Crippen MR) is 129 cm³/mol. The van der Waals surface area contributed by atoms with Crippen LogP contribution in [0.3, 0.4) is 0 Å². The first-order valence-corrected chi connectivity index (χ1v) is 11.8. The van der Waals surface area contributed by atoms with Crippen LogP contribution in [0.2, 0.25) is 0 Å². The summed E-state index contributed by atoms with van der Waals surface area (Å²) in [5.41, 5.74) is 4.84. The Balaban J connectivity index is 1.63. The summed E-state index contributed by atoms with van der Waals surface area (Å²) in [6.45, 7) is 3.32. The molecule has 2 N–H and O–H groups in total. The van der Waals surface area contributed by atoms with Crippen molar-refractivity contribution in [2.24, 2.45) is 5.10 Å². The van der Waals surface area contributed by atoms with E-state index in [0.29, 0.717) is 23.0 Å². The molecule has 0 spiro atoms. The molecular formula is C23H24N6O3S. The lowest BCUT2D eigenvalue weighted by atomic mass is 10.2. The van der Waals surface area contributed by atoms with Gasteiger partial charge in [0.25, 0.3) is 0 Å². The van der Waals surface area contributed by atoms with E-state index in [1.165, 1.54) is 0 Å². The van der Waals surface area contributed by atoms with Gasteiger partial charge in [-0.25, -0.2) is 13.4 Å². The molecule has 0 saturated carbocycles. The summed E-state index contributed by atoms with van der Waals surface area (Å²) in [6, 6.07) is 17.7. The van der Waals surface area contributed by atoms with Crippen molar-refractivity contribution < 1.29 is 13.2 Å². The lowest BCUT2D eigenvalue weighted by Gasteiger charge is -2.15. The van der Waals surface area contributed by atoms with Gasteiger partial charge in [-0.1, -0.05) is 12.1 Å². The second-order valence-electron chi connectivity index (χ2n) is 7.49. The highest BCUT2D eigenvalue weighted by atomic mass is 32.2. The number of ether oxygens (including phenoxy) is 1. The maximum Gasteiger partial charge on any atom is 0.182 e. The minimum atomic E-state index is -3.48. The number of nitrogens with one attached hydrogen (secondary N) is 2. The zero-order valence-corrected chi connectivity index (χ0v) is 19.2. The number of anilines is 3. The third-order valence-electron chi connectivity index (χ3n) is 4.94. The molecule has 0 atom stereocenters. The Morgan fingerprint density at radius 1 is 1.09 bits per heavy atom. The second kappa shape index (κ2) is 9.29. The molecular weight excluding hydrogens is 440 g/mol. The molecule has 2 aromatic heterocycles. The van der Waals surface area contributed by atoms with E-state index < -0.39 is 15.1 Å². The van der Waals surface area contributed by atoms with Gasteiger partial charge in [-0.2, -0.15) is 14.7 Å². The topological polar surface area (TPSA) is 110 Å². The van der Waals surface area contributed by atoms with Crippen molar-refractivity contribution in [1.82, 2.24) is 14.6 Å². The first-order chi connectivity index (χ1) is 15.9. The number of hydrogen-bond donors (Lipinski definition) is 2. The SMILES string of the molecule is COc1ccc(C=NNc2cc(Nc3ccccc3S(=O)(=O)C(C)C)n3nccc3n2)cc1. The van der Waals surface area contributed by atoms with Crippen LogP contribution in [-0.2, 0) is 9.84 Å². The summed E-state index contributed by atoms with van der Waals surface area (Å²) in [7, 11) is -1.87. The van der Waals surface area contributed by atoms with Gasteiger partial charge < -0.3 is 10.1 Å². The highest BCUT2D eigenvalue weighted by Gasteiger charge is 2.23. The molecule has 0 saturated heterocycles. The van der Waals surface area contributed by atoms with Crippen molar-refractivity contribution in [1.29, 1.82) is 0 Å². The summed E-state index contributed by atoms with van der Waals surface area (Å²) < 4.78 is 32.4. The van der Waals surface area contributed by atoms with E-state index in [9.17, 15) is 8.42 Å². The fourth-order valence-corrected chi connectivity index (χ4v) is 4.33. The smallest absolute Gasteiger partial charge is 0.182 e. The lowest BCUT2D eigenvalue weighted by Crippen LogP contribution is -2.16. The van der Waals surface area contributed by atoms with Gasteiger partial charge in [0.15, 0.2) is 21.3 Å². The van der Waals surface area contributed by atoms with E-state index in [0.717, 1.165) is 11.3 Å². The first-order valence-electron chi connectivity index (χ1n) is 10.3. The number of benzene rings is 2. The van der Waals surface area contributed by atoms with Crippen LogP contribution in [0.5, 0.6) is 5.75 Å². The van der Waals surface area contributed by atoms with Gasteiger partial charge in [0, 0.05) is 12.1 Å². The Morgan fingerprint density at radius 3 is 2.58 bits per heavy atom. The zero-order chi connectivity index (χ0) is 23.4. The van der Waals surface area contributed by atoms with E-state index >= 15 is 0 Å². The van der Waals surface area contributed by atoms with Crippen molar-refractivity contribution in [2.75, 3.05) is 17.9 Å². The van der Waals surface area contributed by atoms with Gasteiger partial charge in [0.05, 0.1) is 35.4 Å². The third-order valence-corrected chi connectivity index (χ3v) is 7.16. The maximum atomic E-state index is 12.8. The summed E-state index contributed by atoms with van der Waals surface area (Å²) >= 11 is 0. The molecule has 4 aromatic rings. The zero-order valence-electron chi connectivity index (χ0n) is 18.4. The van der Waals surface area contributed by atoms with Gasteiger partial charge in [0.1, 0.15) is 11.6 Å². The second-order valence-corrected chi connectivity index (χ2v) is 9.96. The van der Waals surface area contributed by atoms with Crippen molar-refractivity contribution in [3.8, 4) is 5.75 Å². The van der Waals surface area contributed by atoms with Crippen LogP contribution in [0.1, 0.15) is 19.4 Å². The van der Waals surface area contributed by atoms with Gasteiger partial charge >= 0.3 is 0 Å². The molecule has 0 amide bonds. The van der Waals surface area contributed by atoms with Crippen molar-refractivity contribution in [3.63, 3.8) is 0 Å². The fraction of sp³-hybridized carbons (Fsp3) is 0.174. The molecule has 4 rings (SSSR count). The number of para-hydroxylation sites is 1. The van der Waals surface area contributed by atoms with Crippen LogP contribution in [0, 0.1) is 0 Å². The van der Waals surface area contributed by atoms with Crippen LogP contribution >= 0.6 is 0 Å². The molecule has 2 heterocycles. The van der Waals surface area contributed by atoms with Gasteiger partial charge in [-0.15, -0.1) is 0 Å². The predicted octanol–water partition coefficient (Wildman–Crippen LogP) is 4.11. The molecule has 0 fully saturated rings. The standard InChI is InChI=1S/C23H24N6O3S/c1-16(2)33(30,31)20-7-5-4-6-19(20)26-23-14-21(27-22-12-13-25-29(22)23)28-24-15-17-8-10-18(32-3)11-9-17/h4-16,26H,1-3H3,(H,27,28). The Morgan fingerprint density at radius 2 is 1.85 bits per heavy atom. The fourth-order valence-electron chi connectivity index (χ4n) is 3.13. The minimum Gasteiger partial charge on any atom is -0.497 e. The number of sulfone groups is 1. The molecule has 33 heavy (non-hydrogen) atoms. The normalized spacial score (nSPS) is 11.9. The average Bonchev–Trinajstić information content (AvgIpc) is 3.29. The van der Waals surface area contributed by atoms with Crippen LogP contribution in [0.4, 0.5) is 17.3 Å². The van der Waals surface area contributed by atoms with Crippen molar-refractivity contribution in [2.45, 2.75) is 24.0 Å². The summed E-state index contributed by atoms with van der Waals surface area (Å²) in [5.74, 6) is 1.78. The molecule has 10 heteroatoms. The van der Waals surface area contributed by atoms with Gasteiger partial charge in [0.2, 0.25) is 0 Å². The van der Waals surface area contributed by atoms with Crippen molar-refractivity contribution >= 4 is 39.0 Å². The molecule has 0 bridgehead atoms. The minimum absolute atomic E-state index is 0.226. The van der Waals surface area contributed by atoms with Gasteiger partial charge in [-0.05, 0) is 55.8 Å². The van der Waals surface area contributed by atoms with E-state index in [2.05, 4.69) is 25.9 Å². The van der Waals surface area contributed by atoms with E-state index in [1.54, 1.807) is 74.3 Å². The number of hydrazone groups is 1. The van der Waals surface area contributed by atoms with Crippen LogP contribution in [0.15, 0.2) is 76.9 Å². The molecule has 0 radical (unpaired) electrons.